The van der Waals surface area contributed by atoms with Gasteiger partial charge >= 0.3 is 0 Å². The number of hydrogen-bond acceptors (Lipinski definition) is 4. The van der Waals surface area contributed by atoms with E-state index in [2.05, 4.69) is 47.1 Å². The summed E-state index contributed by atoms with van der Waals surface area (Å²) in [5, 5.41) is 2.56. The summed E-state index contributed by atoms with van der Waals surface area (Å²) >= 11 is 6.46. The summed E-state index contributed by atoms with van der Waals surface area (Å²) in [4.78, 5) is 18.3. The van der Waals surface area contributed by atoms with E-state index in [0.717, 1.165) is 8.95 Å². The molecule has 0 unspecified atom stereocenters. The van der Waals surface area contributed by atoms with E-state index < -0.39 is 0 Å². The maximum atomic E-state index is 10.5. The van der Waals surface area contributed by atoms with Crippen LogP contribution >= 0.6 is 31.9 Å². The minimum atomic E-state index is -0.111. The van der Waals surface area contributed by atoms with Crippen LogP contribution in [0.4, 0.5) is 11.6 Å². The SMILES string of the molecule is CC(=O)Nc1ccc(Br)cn1.Nc1ccc(Br)cn1. The zero-order chi connectivity index (χ0) is 14.3. The van der Waals surface area contributed by atoms with Crippen molar-refractivity contribution in [3.8, 4) is 0 Å². The molecule has 0 aliphatic heterocycles. The largest absolute Gasteiger partial charge is 0.384 e. The molecule has 0 aliphatic rings. The second kappa shape index (κ2) is 7.85. The number of amides is 1. The smallest absolute Gasteiger partial charge is 0.222 e. The summed E-state index contributed by atoms with van der Waals surface area (Å²) in [6, 6.07) is 7.14. The first-order chi connectivity index (χ1) is 8.97. The molecule has 0 saturated heterocycles. The Morgan fingerprint density at radius 3 is 2.05 bits per heavy atom. The fraction of sp³-hybridized carbons (Fsp3) is 0.0833. The Kier molecular flexibility index (Phi) is 6.44. The third kappa shape index (κ3) is 6.88. The highest BCUT2D eigenvalue weighted by atomic mass is 79.9. The number of nitrogens with two attached hydrogens (primary N) is 1. The van der Waals surface area contributed by atoms with Crippen LogP contribution in [-0.4, -0.2) is 15.9 Å². The van der Waals surface area contributed by atoms with Gasteiger partial charge in [0.25, 0.3) is 0 Å². The minimum absolute atomic E-state index is 0.111. The predicted molar refractivity (Wildman–Crippen MR) is 82.6 cm³/mol. The number of carbonyl (C=O) groups is 1. The molecule has 7 heteroatoms. The Morgan fingerprint density at radius 2 is 1.68 bits per heavy atom. The van der Waals surface area contributed by atoms with Crippen molar-refractivity contribution in [1.82, 2.24) is 9.97 Å². The molecule has 2 aromatic heterocycles. The average molecular weight is 388 g/mol. The van der Waals surface area contributed by atoms with Crippen LogP contribution in [0.15, 0.2) is 45.6 Å². The molecule has 3 N–H and O–H groups in total. The number of nitrogens with one attached hydrogen (secondary N) is 1. The molecule has 2 heterocycles. The van der Waals surface area contributed by atoms with Crippen LogP contribution in [0.1, 0.15) is 6.92 Å². The standard InChI is InChI=1S/C7H7BrN2O.C5H5BrN2/c1-5(11)10-7-3-2-6(8)4-9-7;6-4-1-2-5(7)8-3-4/h2-4H,1H3,(H,9,10,11);1-3H,(H2,7,8). The van der Waals surface area contributed by atoms with Gasteiger partial charge in [0.2, 0.25) is 5.91 Å². The Bertz CT molecular complexity index is 507. The summed E-state index contributed by atoms with van der Waals surface area (Å²) in [6.07, 6.45) is 3.29. The summed E-state index contributed by atoms with van der Waals surface area (Å²) in [7, 11) is 0. The van der Waals surface area contributed by atoms with Crippen molar-refractivity contribution < 1.29 is 4.79 Å². The highest BCUT2D eigenvalue weighted by Crippen LogP contribution is 2.10. The number of hydrogen-bond donors (Lipinski definition) is 2. The third-order valence-electron chi connectivity index (χ3n) is 1.78. The number of rotatable bonds is 1. The maximum Gasteiger partial charge on any atom is 0.222 e. The number of nitrogen functional groups attached to an aromatic ring is 1. The molecule has 0 fully saturated rings. The molecular formula is C12H12Br2N4O. The fourth-order valence-corrected chi connectivity index (χ4v) is 1.49. The third-order valence-corrected chi connectivity index (χ3v) is 2.72. The van der Waals surface area contributed by atoms with E-state index >= 15 is 0 Å². The van der Waals surface area contributed by atoms with Crippen molar-refractivity contribution in [3.63, 3.8) is 0 Å². The number of aromatic nitrogens is 2. The Morgan fingerprint density at radius 1 is 1.11 bits per heavy atom. The van der Waals surface area contributed by atoms with Crippen molar-refractivity contribution in [1.29, 1.82) is 0 Å². The second-order valence-corrected chi connectivity index (χ2v) is 5.28. The molecule has 2 aromatic rings. The van der Waals surface area contributed by atoms with Crippen molar-refractivity contribution in [3.05, 3.63) is 45.6 Å². The first-order valence-electron chi connectivity index (χ1n) is 5.23. The number of carbonyl (C=O) groups excluding carboxylic acids is 1. The van der Waals surface area contributed by atoms with Crippen molar-refractivity contribution in [2.24, 2.45) is 0 Å². The van der Waals surface area contributed by atoms with Crippen molar-refractivity contribution in [2.45, 2.75) is 6.92 Å². The molecule has 100 valence electrons. The van der Waals surface area contributed by atoms with E-state index in [1.54, 1.807) is 24.5 Å². The molecule has 0 atom stereocenters. The molecular weight excluding hydrogens is 376 g/mol. The molecule has 1 amide bonds. The van der Waals surface area contributed by atoms with Crippen LogP contribution in [0.2, 0.25) is 0 Å². The summed E-state index contributed by atoms with van der Waals surface area (Å²) in [6.45, 7) is 1.45. The molecule has 0 radical (unpaired) electrons. The van der Waals surface area contributed by atoms with Gasteiger partial charge in [-0.3, -0.25) is 4.79 Å². The zero-order valence-corrected chi connectivity index (χ0v) is 13.3. The van der Waals surface area contributed by atoms with Gasteiger partial charge in [-0.25, -0.2) is 9.97 Å². The maximum absolute atomic E-state index is 10.5. The summed E-state index contributed by atoms with van der Waals surface area (Å²) in [5.41, 5.74) is 5.29. The van der Waals surface area contributed by atoms with Gasteiger partial charge in [-0.05, 0) is 56.1 Å². The van der Waals surface area contributed by atoms with Crippen LogP contribution in [0.5, 0.6) is 0 Å². The van der Waals surface area contributed by atoms with Crippen LogP contribution < -0.4 is 11.1 Å². The number of pyridine rings is 2. The Hall–Kier alpha value is -1.47. The van der Waals surface area contributed by atoms with E-state index in [4.69, 9.17) is 5.73 Å². The number of halogens is 2. The Labute approximate surface area is 127 Å². The van der Waals surface area contributed by atoms with E-state index in [1.165, 1.54) is 6.92 Å². The normalized spacial score (nSPS) is 9.21. The highest BCUT2D eigenvalue weighted by molar-refractivity contribution is 9.10. The van der Waals surface area contributed by atoms with Crippen LogP contribution in [0, 0.1) is 0 Å². The summed E-state index contributed by atoms with van der Waals surface area (Å²) < 4.78 is 1.85. The first-order valence-corrected chi connectivity index (χ1v) is 6.82. The van der Waals surface area contributed by atoms with E-state index in [1.807, 2.05) is 12.1 Å². The lowest BCUT2D eigenvalue weighted by Gasteiger charge is -1.98. The molecule has 0 saturated carbocycles. The monoisotopic (exact) mass is 386 g/mol. The van der Waals surface area contributed by atoms with Crippen molar-refractivity contribution >= 4 is 49.4 Å². The quantitative estimate of drug-likeness (QED) is 0.786. The van der Waals surface area contributed by atoms with Gasteiger partial charge in [0.1, 0.15) is 11.6 Å². The topological polar surface area (TPSA) is 80.9 Å². The van der Waals surface area contributed by atoms with Gasteiger partial charge in [-0.1, -0.05) is 0 Å². The van der Waals surface area contributed by atoms with Gasteiger partial charge in [0.05, 0.1) is 0 Å². The average Bonchev–Trinajstić information content (AvgIpc) is 2.36. The number of anilines is 2. The molecule has 19 heavy (non-hydrogen) atoms. The van der Waals surface area contributed by atoms with E-state index in [0.29, 0.717) is 11.6 Å². The van der Waals surface area contributed by atoms with Crippen LogP contribution in [0.25, 0.3) is 0 Å². The lowest BCUT2D eigenvalue weighted by Crippen LogP contribution is -2.06. The van der Waals surface area contributed by atoms with Gasteiger partial charge < -0.3 is 11.1 Å². The first kappa shape index (κ1) is 15.6. The van der Waals surface area contributed by atoms with Crippen molar-refractivity contribution in [2.75, 3.05) is 11.1 Å². The van der Waals surface area contributed by atoms with Gasteiger partial charge in [-0.2, -0.15) is 0 Å². The van der Waals surface area contributed by atoms with Gasteiger partial charge in [0.15, 0.2) is 0 Å². The lowest BCUT2D eigenvalue weighted by atomic mass is 10.4. The van der Waals surface area contributed by atoms with Gasteiger partial charge in [-0.15, -0.1) is 0 Å². The predicted octanol–water partition coefficient (Wildman–Crippen LogP) is 3.23. The molecule has 0 bridgehead atoms. The van der Waals surface area contributed by atoms with Gasteiger partial charge in [0, 0.05) is 28.3 Å². The van der Waals surface area contributed by atoms with E-state index in [-0.39, 0.29) is 5.91 Å². The molecule has 2 rings (SSSR count). The second-order valence-electron chi connectivity index (χ2n) is 3.44. The summed E-state index contributed by atoms with van der Waals surface area (Å²) in [5.74, 6) is 1.01. The number of nitrogens with zero attached hydrogens (tertiary/aromatic N) is 2. The van der Waals surface area contributed by atoms with Crippen LogP contribution in [0.3, 0.4) is 0 Å². The zero-order valence-electron chi connectivity index (χ0n) is 10.1. The lowest BCUT2D eigenvalue weighted by molar-refractivity contribution is -0.114. The molecule has 0 spiro atoms. The van der Waals surface area contributed by atoms with E-state index in [9.17, 15) is 4.79 Å². The Balaban J connectivity index is 0.000000200. The molecule has 0 aromatic carbocycles. The highest BCUT2D eigenvalue weighted by Gasteiger charge is 1.94. The molecule has 0 aliphatic carbocycles. The van der Waals surface area contributed by atoms with Crippen LogP contribution in [-0.2, 0) is 4.79 Å². The fourth-order valence-electron chi connectivity index (χ4n) is 1.02. The minimum Gasteiger partial charge on any atom is -0.384 e. The molecule has 5 nitrogen and oxygen atoms in total.